The summed E-state index contributed by atoms with van der Waals surface area (Å²) < 4.78 is 22.6. The number of nitrogens with one attached hydrogen (secondary N) is 2. The van der Waals surface area contributed by atoms with E-state index < -0.39 is 10.0 Å². The first-order chi connectivity index (χ1) is 13.4. The number of primary sulfonamides is 1. The molecule has 0 amide bonds. The van der Waals surface area contributed by atoms with E-state index in [1.165, 1.54) is 17.0 Å². The Kier molecular flexibility index (Phi) is 8.82. The third-order valence-electron chi connectivity index (χ3n) is 3.89. The number of hydrogen-bond acceptors (Lipinski definition) is 4. The highest BCUT2D eigenvalue weighted by atomic mass is 32.2. The van der Waals surface area contributed by atoms with Crippen molar-refractivity contribution < 1.29 is 8.42 Å². The van der Waals surface area contributed by atoms with Gasteiger partial charge >= 0.3 is 0 Å². The molecule has 0 spiro atoms. The van der Waals surface area contributed by atoms with Crippen molar-refractivity contribution in [2.24, 2.45) is 10.1 Å². The third kappa shape index (κ3) is 7.92. The van der Waals surface area contributed by atoms with E-state index in [-0.39, 0.29) is 4.90 Å². The minimum absolute atomic E-state index is 0.129. The van der Waals surface area contributed by atoms with Crippen LogP contribution in [0.15, 0.2) is 69.4 Å². The van der Waals surface area contributed by atoms with Crippen molar-refractivity contribution in [3.8, 4) is 0 Å². The maximum Gasteiger partial charge on any atom is 0.238 e. The molecule has 0 aromatic heterocycles. The summed E-state index contributed by atoms with van der Waals surface area (Å²) in [7, 11) is -3.65. The van der Waals surface area contributed by atoms with E-state index in [2.05, 4.69) is 34.7 Å². The molecule has 0 saturated heterocycles. The lowest BCUT2D eigenvalue weighted by Crippen LogP contribution is -2.38. The van der Waals surface area contributed by atoms with Gasteiger partial charge in [-0.15, -0.1) is 11.8 Å². The second kappa shape index (κ2) is 11.1. The summed E-state index contributed by atoms with van der Waals surface area (Å²) >= 11 is 1.81. The monoisotopic (exact) mass is 420 g/mol. The summed E-state index contributed by atoms with van der Waals surface area (Å²) in [5.41, 5.74) is 1.03. The van der Waals surface area contributed by atoms with Gasteiger partial charge in [-0.25, -0.2) is 13.6 Å². The zero-order chi connectivity index (χ0) is 20.4. The van der Waals surface area contributed by atoms with Crippen LogP contribution in [0, 0.1) is 0 Å². The smallest absolute Gasteiger partial charge is 0.238 e. The van der Waals surface area contributed by atoms with Gasteiger partial charge in [-0.2, -0.15) is 0 Å². The molecule has 2 rings (SSSR count). The van der Waals surface area contributed by atoms with Crippen molar-refractivity contribution >= 4 is 27.7 Å². The van der Waals surface area contributed by atoms with Gasteiger partial charge in [-0.05, 0) is 43.2 Å². The van der Waals surface area contributed by atoms with E-state index >= 15 is 0 Å². The topological polar surface area (TPSA) is 96.6 Å². The molecular formula is C20H28N4O2S2. The Bertz CT molecular complexity index is 854. The minimum atomic E-state index is -3.65. The van der Waals surface area contributed by atoms with Crippen molar-refractivity contribution in [2.45, 2.75) is 35.3 Å². The molecule has 1 unspecified atom stereocenters. The van der Waals surface area contributed by atoms with Crippen LogP contribution < -0.4 is 15.8 Å². The molecule has 152 valence electrons. The van der Waals surface area contributed by atoms with Gasteiger partial charge in [0.15, 0.2) is 5.96 Å². The van der Waals surface area contributed by atoms with Crippen molar-refractivity contribution in [1.82, 2.24) is 10.6 Å². The normalized spacial score (nSPS) is 13.2. The zero-order valence-corrected chi connectivity index (χ0v) is 17.9. The van der Waals surface area contributed by atoms with Gasteiger partial charge in [-0.3, -0.25) is 4.99 Å². The van der Waals surface area contributed by atoms with Crippen LogP contribution in [0.4, 0.5) is 0 Å². The van der Waals surface area contributed by atoms with Gasteiger partial charge in [-0.1, -0.05) is 37.3 Å². The Balaban J connectivity index is 1.83. The standard InChI is InChI=1S/C20H28N4O2S2/c1-3-22-20(24-15-16(2)27-18-7-5-4-6-8-18)23-14-13-17-9-11-19(12-10-17)28(21,25)26/h4-12,16H,3,13-15H2,1-2H3,(H2,21,25,26)(H2,22,23,24). The number of nitrogens with two attached hydrogens (primary N) is 1. The Morgan fingerprint density at radius 1 is 1.11 bits per heavy atom. The van der Waals surface area contributed by atoms with Crippen molar-refractivity contribution in [1.29, 1.82) is 0 Å². The first-order valence-corrected chi connectivity index (χ1v) is 11.7. The molecule has 0 heterocycles. The maximum atomic E-state index is 11.3. The first-order valence-electron chi connectivity index (χ1n) is 9.24. The fraction of sp³-hybridized carbons (Fsp3) is 0.350. The highest BCUT2D eigenvalue weighted by Crippen LogP contribution is 2.22. The van der Waals surface area contributed by atoms with Gasteiger partial charge < -0.3 is 10.6 Å². The van der Waals surface area contributed by atoms with Crippen molar-refractivity contribution in [3.63, 3.8) is 0 Å². The van der Waals surface area contributed by atoms with Crippen molar-refractivity contribution in [2.75, 3.05) is 19.6 Å². The average molecular weight is 421 g/mol. The molecule has 6 nitrogen and oxygen atoms in total. The Morgan fingerprint density at radius 3 is 2.39 bits per heavy atom. The largest absolute Gasteiger partial charge is 0.357 e. The van der Waals surface area contributed by atoms with Crippen LogP contribution in [0.1, 0.15) is 19.4 Å². The summed E-state index contributed by atoms with van der Waals surface area (Å²) in [6, 6.07) is 16.9. The lowest BCUT2D eigenvalue weighted by molar-refractivity contribution is 0.598. The first kappa shape index (κ1) is 22.3. The number of aliphatic imine (C=N–C) groups is 1. The minimum Gasteiger partial charge on any atom is -0.357 e. The summed E-state index contributed by atoms with van der Waals surface area (Å²) in [6.45, 7) is 6.39. The Hall–Kier alpha value is -2.03. The number of guanidine groups is 1. The van der Waals surface area contributed by atoms with E-state index in [1.54, 1.807) is 23.9 Å². The molecule has 0 fully saturated rings. The predicted molar refractivity (Wildman–Crippen MR) is 117 cm³/mol. The Morgan fingerprint density at radius 2 is 1.79 bits per heavy atom. The van der Waals surface area contributed by atoms with Crippen LogP contribution in [-0.4, -0.2) is 39.3 Å². The van der Waals surface area contributed by atoms with Crippen LogP contribution in [-0.2, 0) is 16.4 Å². The van der Waals surface area contributed by atoms with Gasteiger partial charge in [0, 0.05) is 23.2 Å². The SMILES string of the molecule is CCNC(=NCC(C)Sc1ccccc1)NCCc1ccc(S(N)(=O)=O)cc1. The number of sulfonamides is 1. The molecule has 2 aromatic rings. The van der Waals surface area contributed by atoms with E-state index in [4.69, 9.17) is 5.14 Å². The fourth-order valence-electron chi connectivity index (χ4n) is 2.50. The van der Waals surface area contributed by atoms with E-state index in [0.29, 0.717) is 18.3 Å². The number of benzene rings is 2. The van der Waals surface area contributed by atoms with E-state index in [0.717, 1.165) is 24.5 Å². The number of rotatable bonds is 9. The molecule has 0 aliphatic rings. The molecule has 1 atom stereocenters. The van der Waals surface area contributed by atoms with Crippen LogP contribution in [0.3, 0.4) is 0 Å². The lowest BCUT2D eigenvalue weighted by atomic mass is 10.1. The molecular weight excluding hydrogens is 392 g/mol. The summed E-state index contributed by atoms with van der Waals surface area (Å²) in [5, 5.41) is 12.1. The van der Waals surface area contributed by atoms with Crippen LogP contribution in [0.25, 0.3) is 0 Å². The molecule has 0 aliphatic heterocycles. The average Bonchev–Trinajstić information content (AvgIpc) is 2.66. The van der Waals surface area contributed by atoms with Gasteiger partial charge in [0.05, 0.1) is 11.4 Å². The van der Waals surface area contributed by atoms with Gasteiger partial charge in [0.25, 0.3) is 0 Å². The van der Waals surface area contributed by atoms with Gasteiger partial charge in [0.2, 0.25) is 10.0 Å². The summed E-state index contributed by atoms with van der Waals surface area (Å²) in [5.74, 6) is 0.782. The molecule has 0 saturated carbocycles. The Labute approximate surface area is 172 Å². The quantitative estimate of drug-likeness (QED) is 0.329. The number of nitrogens with zero attached hydrogens (tertiary/aromatic N) is 1. The lowest BCUT2D eigenvalue weighted by Gasteiger charge is -2.13. The van der Waals surface area contributed by atoms with Crippen LogP contribution >= 0.6 is 11.8 Å². The number of hydrogen-bond donors (Lipinski definition) is 3. The molecule has 2 aromatic carbocycles. The van der Waals surface area contributed by atoms with Crippen LogP contribution in [0.2, 0.25) is 0 Å². The molecule has 0 radical (unpaired) electrons. The van der Waals surface area contributed by atoms with E-state index in [1.807, 2.05) is 25.1 Å². The second-order valence-corrected chi connectivity index (χ2v) is 9.40. The van der Waals surface area contributed by atoms with Crippen LogP contribution in [0.5, 0.6) is 0 Å². The second-order valence-electron chi connectivity index (χ2n) is 6.33. The molecule has 8 heteroatoms. The molecule has 28 heavy (non-hydrogen) atoms. The maximum absolute atomic E-state index is 11.3. The zero-order valence-electron chi connectivity index (χ0n) is 16.3. The highest BCUT2D eigenvalue weighted by molar-refractivity contribution is 8.00. The number of thioether (sulfide) groups is 1. The predicted octanol–water partition coefficient (Wildman–Crippen LogP) is 2.61. The molecule has 4 N–H and O–H groups in total. The highest BCUT2D eigenvalue weighted by Gasteiger charge is 2.07. The third-order valence-corrected chi connectivity index (χ3v) is 5.91. The van der Waals surface area contributed by atoms with Crippen molar-refractivity contribution in [3.05, 3.63) is 60.2 Å². The summed E-state index contributed by atoms with van der Waals surface area (Å²) in [6.07, 6.45) is 0.754. The summed E-state index contributed by atoms with van der Waals surface area (Å²) in [4.78, 5) is 6.04. The molecule has 0 aliphatic carbocycles. The van der Waals surface area contributed by atoms with E-state index in [9.17, 15) is 8.42 Å². The fourth-order valence-corrected chi connectivity index (χ4v) is 3.94. The van der Waals surface area contributed by atoms with Gasteiger partial charge in [0.1, 0.15) is 0 Å². The molecule has 0 bridgehead atoms.